The van der Waals surface area contributed by atoms with E-state index in [1.807, 2.05) is 13.8 Å². The van der Waals surface area contributed by atoms with Gasteiger partial charge in [-0.1, -0.05) is 0 Å². The summed E-state index contributed by atoms with van der Waals surface area (Å²) in [7, 11) is -0.874. The van der Waals surface area contributed by atoms with Crippen molar-refractivity contribution in [2.75, 3.05) is 18.1 Å². The fourth-order valence-corrected chi connectivity index (χ4v) is 2.14. The van der Waals surface area contributed by atoms with Gasteiger partial charge in [0.25, 0.3) is 0 Å². The van der Waals surface area contributed by atoms with Gasteiger partial charge in [-0.3, -0.25) is 4.21 Å². The van der Waals surface area contributed by atoms with E-state index in [0.717, 1.165) is 0 Å². The second-order valence-electron chi connectivity index (χ2n) is 3.35. The van der Waals surface area contributed by atoms with Crippen LogP contribution in [0.25, 0.3) is 0 Å². The van der Waals surface area contributed by atoms with E-state index in [1.165, 1.54) is 0 Å². The summed E-state index contributed by atoms with van der Waals surface area (Å²) in [6.07, 6.45) is 0.600. The lowest BCUT2D eigenvalue weighted by molar-refractivity contribution is 0.296. The average Bonchev–Trinajstić information content (AvgIpc) is 1.79. The number of aliphatic hydroxyl groups excluding tert-OH is 1. The molecule has 4 heteroatoms. The smallest absolute Gasteiger partial charge is 0.0439 e. The van der Waals surface area contributed by atoms with Crippen LogP contribution in [0.15, 0.2) is 0 Å². The summed E-state index contributed by atoms with van der Waals surface area (Å²) in [5, 5.41) is 8.45. The Balaban J connectivity index is 3.53. The number of aliphatic hydroxyl groups is 1. The highest BCUT2D eigenvalue weighted by molar-refractivity contribution is 7.85. The molecule has 3 N–H and O–H groups in total. The molecule has 1 unspecified atom stereocenters. The Morgan fingerprint density at radius 2 is 2.09 bits per heavy atom. The molecule has 0 saturated carbocycles. The third-order valence-electron chi connectivity index (χ3n) is 1.06. The highest BCUT2D eigenvalue weighted by atomic mass is 32.2. The van der Waals surface area contributed by atoms with Crippen molar-refractivity contribution in [1.82, 2.24) is 0 Å². The van der Waals surface area contributed by atoms with Gasteiger partial charge in [0.2, 0.25) is 0 Å². The lowest BCUT2D eigenvalue weighted by atomic mass is 10.1. The molecule has 0 amide bonds. The molecule has 0 aliphatic rings. The molecule has 0 aliphatic heterocycles. The van der Waals surface area contributed by atoms with Crippen LogP contribution in [0.1, 0.15) is 20.3 Å². The molecule has 0 heterocycles. The molecule has 0 radical (unpaired) electrons. The maximum atomic E-state index is 11.1. The van der Waals surface area contributed by atoms with Crippen LogP contribution < -0.4 is 5.73 Å². The van der Waals surface area contributed by atoms with E-state index < -0.39 is 10.8 Å². The second-order valence-corrected chi connectivity index (χ2v) is 4.93. The number of nitrogens with two attached hydrogens (primary N) is 1. The zero-order valence-electron chi connectivity index (χ0n) is 7.17. The molecule has 0 spiro atoms. The van der Waals surface area contributed by atoms with Gasteiger partial charge >= 0.3 is 0 Å². The Labute approximate surface area is 70.4 Å². The van der Waals surface area contributed by atoms with Crippen LogP contribution in [0.5, 0.6) is 0 Å². The fraction of sp³-hybridized carbons (Fsp3) is 1.00. The van der Waals surface area contributed by atoms with Gasteiger partial charge in [-0.25, -0.2) is 0 Å². The van der Waals surface area contributed by atoms with Crippen molar-refractivity contribution >= 4 is 10.8 Å². The fourth-order valence-electron chi connectivity index (χ4n) is 0.713. The molecule has 1 atom stereocenters. The van der Waals surface area contributed by atoms with Gasteiger partial charge in [0.05, 0.1) is 0 Å². The van der Waals surface area contributed by atoms with Crippen molar-refractivity contribution in [1.29, 1.82) is 0 Å². The van der Waals surface area contributed by atoms with Crippen molar-refractivity contribution < 1.29 is 9.32 Å². The zero-order valence-corrected chi connectivity index (χ0v) is 7.99. The summed E-state index contributed by atoms with van der Waals surface area (Å²) in [5.41, 5.74) is 5.29. The minimum atomic E-state index is -0.874. The number of hydrogen-bond acceptors (Lipinski definition) is 3. The van der Waals surface area contributed by atoms with Crippen LogP contribution in [0.2, 0.25) is 0 Å². The third-order valence-corrected chi connectivity index (χ3v) is 2.87. The first-order chi connectivity index (χ1) is 4.95. The Bertz CT molecular complexity index is 131. The van der Waals surface area contributed by atoms with Crippen LogP contribution in [0.4, 0.5) is 0 Å². The molecule has 0 aromatic rings. The molecule has 3 nitrogen and oxygen atoms in total. The lowest BCUT2D eigenvalue weighted by Crippen LogP contribution is -2.38. The Kier molecular flexibility index (Phi) is 4.88. The summed E-state index contributed by atoms with van der Waals surface area (Å²) < 4.78 is 11.1. The standard InChI is InChI=1S/C7H17NO2S/c1-7(2,8)6-11(10)5-3-4-9/h9H,3-6,8H2,1-2H3. The summed E-state index contributed by atoms with van der Waals surface area (Å²) >= 11 is 0. The van der Waals surface area contributed by atoms with Gasteiger partial charge in [0.15, 0.2) is 0 Å². The number of hydrogen-bond donors (Lipinski definition) is 2. The average molecular weight is 179 g/mol. The minimum Gasteiger partial charge on any atom is -0.396 e. The zero-order chi connectivity index (χ0) is 8.91. The molecule has 11 heavy (non-hydrogen) atoms. The number of rotatable bonds is 5. The molecule has 0 aromatic heterocycles. The predicted molar refractivity (Wildman–Crippen MR) is 47.8 cm³/mol. The van der Waals surface area contributed by atoms with Crippen LogP contribution in [0.3, 0.4) is 0 Å². The lowest BCUT2D eigenvalue weighted by Gasteiger charge is -2.16. The van der Waals surface area contributed by atoms with Crippen LogP contribution in [-0.4, -0.2) is 33.0 Å². The third kappa shape index (κ3) is 7.97. The van der Waals surface area contributed by atoms with Crippen LogP contribution in [0, 0.1) is 0 Å². The normalized spacial score (nSPS) is 14.9. The Morgan fingerprint density at radius 3 is 2.45 bits per heavy atom. The molecule has 0 rings (SSSR count). The first-order valence-electron chi connectivity index (χ1n) is 3.70. The molecule has 0 fully saturated rings. The molecule has 68 valence electrons. The maximum Gasteiger partial charge on any atom is 0.0439 e. The molecule has 0 bridgehead atoms. The first kappa shape index (κ1) is 11.1. The first-order valence-corrected chi connectivity index (χ1v) is 5.19. The largest absolute Gasteiger partial charge is 0.396 e. The Morgan fingerprint density at radius 1 is 1.55 bits per heavy atom. The van der Waals surface area contributed by atoms with Gasteiger partial charge in [0.1, 0.15) is 0 Å². The van der Waals surface area contributed by atoms with E-state index in [9.17, 15) is 4.21 Å². The molecular formula is C7H17NO2S. The summed E-state index contributed by atoms with van der Waals surface area (Å²) in [5.74, 6) is 1.06. The van der Waals surface area contributed by atoms with E-state index in [-0.39, 0.29) is 12.1 Å². The molecule has 0 saturated heterocycles. The van der Waals surface area contributed by atoms with Crippen molar-refractivity contribution in [3.05, 3.63) is 0 Å². The second kappa shape index (κ2) is 4.85. The van der Waals surface area contributed by atoms with E-state index >= 15 is 0 Å². The highest BCUT2D eigenvalue weighted by Crippen LogP contribution is 2.00. The minimum absolute atomic E-state index is 0.108. The van der Waals surface area contributed by atoms with Gasteiger partial charge in [0, 0.05) is 34.5 Å². The van der Waals surface area contributed by atoms with Gasteiger partial charge in [-0.05, 0) is 20.3 Å². The highest BCUT2D eigenvalue weighted by Gasteiger charge is 2.14. The SMILES string of the molecule is CC(C)(N)CS(=O)CCCO. The molecule has 0 aliphatic carbocycles. The summed E-state index contributed by atoms with van der Waals surface area (Å²) in [6, 6.07) is 0. The topological polar surface area (TPSA) is 63.3 Å². The van der Waals surface area contributed by atoms with Crippen molar-refractivity contribution in [3.8, 4) is 0 Å². The monoisotopic (exact) mass is 179 g/mol. The summed E-state index contributed by atoms with van der Waals surface area (Å²) in [4.78, 5) is 0. The van der Waals surface area contributed by atoms with Gasteiger partial charge < -0.3 is 10.8 Å². The van der Waals surface area contributed by atoms with Crippen LogP contribution in [-0.2, 0) is 10.8 Å². The van der Waals surface area contributed by atoms with E-state index in [0.29, 0.717) is 17.9 Å². The van der Waals surface area contributed by atoms with E-state index in [2.05, 4.69) is 0 Å². The van der Waals surface area contributed by atoms with E-state index in [1.54, 1.807) is 0 Å². The Hall–Kier alpha value is 0.0700. The molecule has 0 aromatic carbocycles. The predicted octanol–water partition coefficient (Wildman–Crippen LogP) is -0.145. The van der Waals surface area contributed by atoms with Crippen molar-refractivity contribution in [3.63, 3.8) is 0 Å². The van der Waals surface area contributed by atoms with Crippen LogP contribution >= 0.6 is 0 Å². The summed E-state index contributed by atoms with van der Waals surface area (Å²) in [6.45, 7) is 3.81. The maximum absolute atomic E-state index is 11.1. The van der Waals surface area contributed by atoms with E-state index in [4.69, 9.17) is 10.8 Å². The van der Waals surface area contributed by atoms with Gasteiger partial charge in [-0.2, -0.15) is 0 Å². The van der Waals surface area contributed by atoms with Crippen molar-refractivity contribution in [2.24, 2.45) is 5.73 Å². The molecular weight excluding hydrogens is 162 g/mol. The van der Waals surface area contributed by atoms with Crippen molar-refractivity contribution in [2.45, 2.75) is 25.8 Å². The van der Waals surface area contributed by atoms with Gasteiger partial charge in [-0.15, -0.1) is 0 Å². The quantitative estimate of drug-likeness (QED) is 0.617.